The minimum Gasteiger partial charge on any atom is -0.493 e. The molecule has 0 saturated carbocycles. The van der Waals surface area contributed by atoms with Gasteiger partial charge in [0.2, 0.25) is 17.6 Å². The molecule has 1 heterocycles. The first-order chi connectivity index (χ1) is 13.9. The Morgan fingerprint density at radius 1 is 1.14 bits per heavy atom. The molecule has 0 aromatic heterocycles. The quantitative estimate of drug-likeness (QED) is 0.771. The number of carbonyl (C=O) groups is 2. The van der Waals surface area contributed by atoms with Gasteiger partial charge in [-0.05, 0) is 18.2 Å². The number of nitrogens with one attached hydrogen (secondary N) is 1. The van der Waals surface area contributed by atoms with Gasteiger partial charge in [-0.15, -0.1) is 0 Å². The first kappa shape index (κ1) is 20.7. The zero-order valence-electron chi connectivity index (χ0n) is 16.1. The second-order valence-corrected chi connectivity index (χ2v) is 6.81. The first-order valence-corrected chi connectivity index (χ1v) is 9.12. The van der Waals surface area contributed by atoms with E-state index in [1.54, 1.807) is 12.1 Å². The molecule has 1 N–H and O–H groups in total. The van der Waals surface area contributed by atoms with Crippen molar-refractivity contribution in [2.45, 2.75) is 6.42 Å². The Hall–Kier alpha value is -3.00. The van der Waals surface area contributed by atoms with Gasteiger partial charge in [-0.2, -0.15) is 0 Å². The number of amides is 2. The number of hydrogen-bond donors (Lipinski definition) is 1. The van der Waals surface area contributed by atoms with Gasteiger partial charge in [-0.1, -0.05) is 11.6 Å². The lowest BCUT2D eigenvalue weighted by molar-refractivity contribution is -0.122. The van der Waals surface area contributed by atoms with Crippen LogP contribution in [-0.2, 0) is 9.59 Å². The Bertz CT molecular complexity index is 927. The molecular formula is C20H20ClFN2O5. The van der Waals surface area contributed by atoms with Gasteiger partial charge in [0.15, 0.2) is 11.5 Å². The summed E-state index contributed by atoms with van der Waals surface area (Å²) in [5.41, 5.74) is 0.893. The lowest BCUT2D eigenvalue weighted by Gasteiger charge is -2.20. The smallest absolute Gasteiger partial charge is 0.229 e. The van der Waals surface area contributed by atoms with Gasteiger partial charge < -0.3 is 24.4 Å². The van der Waals surface area contributed by atoms with Crippen LogP contribution in [0.1, 0.15) is 6.42 Å². The lowest BCUT2D eigenvalue weighted by atomic mass is 10.1. The number of rotatable bonds is 6. The van der Waals surface area contributed by atoms with Crippen molar-refractivity contribution in [2.24, 2.45) is 5.92 Å². The van der Waals surface area contributed by atoms with Crippen molar-refractivity contribution in [3.05, 3.63) is 41.2 Å². The number of methoxy groups -OCH3 is 3. The van der Waals surface area contributed by atoms with Gasteiger partial charge in [0.1, 0.15) is 5.82 Å². The van der Waals surface area contributed by atoms with Crippen LogP contribution in [0.3, 0.4) is 0 Å². The number of nitrogens with zero attached hydrogens (tertiary/aromatic N) is 1. The highest BCUT2D eigenvalue weighted by Gasteiger charge is 2.36. The van der Waals surface area contributed by atoms with Crippen molar-refractivity contribution in [2.75, 3.05) is 38.1 Å². The van der Waals surface area contributed by atoms with Gasteiger partial charge in [-0.25, -0.2) is 4.39 Å². The van der Waals surface area contributed by atoms with E-state index in [4.69, 9.17) is 25.8 Å². The van der Waals surface area contributed by atoms with Crippen LogP contribution >= 0.6 is 11.6 Å². The van der Waals surface area contributed by atoms with Crippen LogP contribution < -0.4 is 24.4 Å². The van der Waals surface area contributed by atoms with Gasteiger partial charge in [-0.3, -0.25) is 9.59 Å². The Morgan fingerprint density at radius 3 is 2.34 bits per heavy atom. The summed E-state index contributed by atoms with van der Waals surface area (Å²) < 4.78 is 29.2. The number of halogens is 2. The first-order valence-electron chi connectivity index (χ1n) is 8.74. The Morgan fingerprint density at radius 2 is 1.79 bits per heavy atom. The van der Waals surface area contributed by atoms with Crippen molar-refractivity contribution in [3.8, 4) is 17.2 Å². The highest BCUT2D eigenvalue weighted by Crippen LogP contribution is 2.42. The predicted octanol–water partition coefficient (Wildman–Crippen LogP) is 3.50. The molecule has 0 spiro atoms. The van der Waals surface area contributed by atoms with Crippen LogP contribution in [-0.4, -0.2) is 39.7 Å². The maximum absolute atomic E-state index is 13.3. The van der Waals surface area contributed by atoms with Crippen molar-refractivity contribution >= 4 is 34.8 Å². The molecule has 2 aromatic carbocycles. The summed E-state index contributed by atoms with van der Waals surface area (Å²) >= 11 is 5.74. The van der Waals surface area contributed by atoms with Gasteiger partial charge in [0.25, 0.3) is 0 Å². The topological polar surface area (TPSA) is 77.1 Å². The SMILES string of the molecule is COc1cc(N2CC(C(=O)Nc3ccc(F)c(Cl)c3)CC2=O)cc(OC)c1OC. The van der Waals surface area contributed by atoms with Crippen LogP contribution in [0.15, 0.2) is 30.3 Å². The molecule has 7 nitrogen and oxygen atoms in total. The van der Waals surface area contributed by atoms with E-state index in [9.17, 15) is 14.0 Å². The molecule has 1 fully saturated rings. The van der Waals surface area contributed by atoms with Crippen LogP contribution in [0.25, 0.3) is 0 Å². The molecule has 9 heteroatoms. The molecule has 3 rings (SSSR count). The van der Waals surface area contributed by atoms with E-state index in [1.807, 2.05) is 0 Å². The standard InChI is InChI=1S/C20H20ClFN2O5/c1-27-16-8-13(9-17(28-2)19(16)29-3)24-10-11(6-18(24)25)20(26)23-12-4-5-15(22)14(21)7-12/h4-5,7-9,11H,6,10H2,1-3H3,(H,23,26). The summed E-state index contributed by atoms with van der Waals surface area (Å²) in [7, 11) is 4.46. The van der Waals surface area contributed by atoms with Crippen molar-refractivity contribution < 1.29 is 28.2 Å². The number of ether oxygens (including phenoxy) is 3. The summed E-state index contributed by atoms with van der Waals surface area (Å²) in [6.45, 7) is 0.179. The van der Waals surface area contributed by atoms with Crippen molar-refractivity contribution in [1.82, 2.24) is 0 Å². The van der Waals surface area contributed by atoms with Gasteiger partial charge in [0.05, 0.1) is 38.0 Å². The van der Waals surface area contributed by atoms with E-state index in [0.29, 0.717) is 28.6 Å². The van der Waals surface area contributed by atoms with E-state index in [0.717, 1.165) is 0 Å². The Kier molecular flexibility index (Phi) is 6.12. The highest BCUT2D eigenvalue weighted by atomic mass is 35.5. The fourth-order valence-electron chi connectivity index (χ4n) is 3.17. The summed E-state index contributed by atoms with van der Waals surface area (Å²) in [6, 6.07) is 7.20. The van der Waals surface area contributed by atoms with E-state index in [-0.39, 0.29) is 29.8 Å². The molecule has 29 heavy (non-hydrogen) atoms. The normalized spacial score (nSPS) is 16.0. The largest absolute Gasteiger partial charge is 0.493 e. The number of carbonyl (C=O) groups excluding carboxylic acids is 2. The zero-order chi connectivity index (χ0) is 21.1. The van der Waals surface area contributed by atoms with Crippen LogP contribution in [0, 0.1) is 11.7 Å². The summed E-state index contributed by atoms with van der Waals surface area (Å²) in [4.78, 5) is 26.6. The lowest BCUT2D eigenvalue weighted by Crippen LogP contribution is -2.28. The molecule has 154 valence electrons. The maximum atomic E-state index is 13.3. The van der Waals surface area contributed by atoms with Crippen molar-refractivity contribution in [1.29, 1.82) is 0 Å². The summed E-state index contributed by atoms with van der Waals surface area (Å²) in [5.74, 6) is -0.493. The zero-order valence-corrected chi connectivity index (χ0v) is 16.9. The third kappa shape index (κ3) is 4.22. The Balaban J connectivity index is 1.79. The minimum absolute atomic E-state index is 0.0391. The number of benzene rings is 2. The molecule has 1 atom stereocenters. The average molecular weight is 423 g/mol. The fourth-order valence-corrected chi connectivity index (χ4v) is 3.35. The summed E-state index contributed by atoms with van der Waals surface area (Å²) in [5, 5.41) is 2.58. The molecular weight excluding hydrogens is 403 g/mol. The number of anilines is 2. The second-order valence-electron chi connectivity index (χ2n) is 6.41. The molecule has 1 aliphatic rings. The minimum atomic E-state index is -0.578. The van der Waals surface area contributed by atoms with Gasteiger partial charge in [0, 0.05) is 30.8 Å². The molecule has 1 saturated heterocycles. The average Bonchev–Trinajstić information content (AvgIpc) is 3.11. The highest BCUT2D eigenvalue weighted by molar-refractivity contribution is 6.31. The second kappa shape index (κ2) is 8.57. The van der Waals surface area contributed by atoms with E-state index < -0.39 is 11.7 Å². The van der Waals surface area contributed by atoms with E-state index in [2.05, 4.69) is 5.32 Å². The predicted molar refractivity (Wildman–Crippen MR) is 107 cm³/mol. The van der Waals surface area contributed by atoms with Crippen LogP contribution in [0.2, 0.25) is 5.02 Å². The monoisotopic (exact) mass is 422 g/mol. The third-order valence-corrected chi connectivity index (χ3v) is 4.93. The molecule has 2 amide bonds. The maximum Gasteiger partial charge on any atom is 0.229 e. The summed E-state index contributed by atoms with van der Waals surface area (Å²) in [6.07, 6.45) is 0.0391. The van der Waals surface area contributed by atoms with Crippen LogP contribution in [0.4, 0.5) is 15.8 Å². The molecule has 0 aliphatic carbocycles. The van der Waals surface area contributed by atoms with Crippen LogP contribution in [0.5, 0.6) is 17.2 Å². The van der Waals surface area contributed by atoms with Crippen molar-refractivity contribution in [3.63, 3.8) is 0 Å². The fraction of sp³-hybridized carbons (Fsp3) is 0.300. The molecule has 1 unspecified atom stereocenters. The molecule has 0 radical (unpaired) electrons. The molecule has 0 bridgehead atoms. The number of hydrogen-bond acceptors (Lipinski definition) is 5. The van der Waals surface area contributed by atoms with Gasteiger partial charge >= 0.3 is 0 Å². The third-order valence-electron chi connectivity index (χ3n) is 4.64. The molecule has 1 aliphatic heterocycles. The van der Waals surface area contributed by atoms with E-state index >= 15 is 0 Å². The Labute approximate surface area is 172 Å². The van der Waals surface area contributed by atoms with E-state index in [1.165, 1.54) is 44.4 Å². The molecule has 2 aromatic rings.